The number of hydrogen-bond donors (Lipinski definition) is 0. The van der Waals surface area contributed by atoms with Gasteiger partial charge in [-0.15, -0.1) is 0 Å². The van der Waals surface area contributed by atoms with E-state index in [-0.39, 0.29) is 0 Å². The molecule has 0 aliphatic rings. The van der Waals surface area contributed by atoms with Gasteiger partial charge in [0.15, 0.2) is 0 Å². The van der Waals surface area contributed by atoms with E-state index in [0.29, 0.717) is 5.69 Å². The zero-order chi connectivity index (χ0) is 12.3. The first-order chi connectivity index (χ1) is 7.36. The summed E-state index contributed by atoms with van der Waals surface area (Å²) in [6.07, 6.45) is -4.32. The van der Waals surface area contributed by atoms with Gasteiger partial charge < -0.3 is 0 Å². The van der Waals surface area contributed by atoms with Crippen molar-refractivity contribution in [3.05, 3.63) is 29.8 Å². The summed E-state index contributed by atoms with van der Waals surface area (Å²) in [4.78, 5) is 0. The summed E-state index contributed by atoms with van der Waals surface area (Å²) in [7, 11) is 3.43. The molecule has 1 aromatic carbocycles. The van der Waals surface area contributed by atoms with E-state index in [0.717, 1.165) is 12.1 Å². The number of rotatable bonds is 3. The van der Waals surface area contributed by atoms with Crippen molar-refractivity contribution in [3.63, 3.8) is 0 Å². The molecule has 0 aromatic heterocycles. The monoisotopic (exact) mass is 231 g/mol. The molecule has 1 aromatic rings. The molecule has 6 heteroatoms. The van der Waals surface area contributed by atoms with Crippen molar-refractivity contribution in [2.24, 2.45) is 5.10 Å². The lowest BCUT2D eigenvalue weighted by Crippen LogP contribution is -2.31. The third kappa shape index (κ3) is 2.73. The maximum absolute atomic E-state index is 12.3. The standard InChI is InChI=1S/C10H12F3N3/c1-14-16(15(2)3)9-6-4-8(5-7-9)10(11,12)13/h4-7H,1H2,2-3H3. The van der Waals surface area contributed by atoms with Crippen LogP contribution in [0.15, 0.2) is 29.4 Å². The molecule has 0 atom stereocenters. The number of hydrazone groups is 1. The molecular formula is C10H12F3N3. The van der Waals surface area contributed by atoms with Crippen LogP contribution in [0.5, 0.6) is 0 Å². The van der Waals surface area contributed by atoms with Gasteiger partial charge in [0.25, 0.3) is 0 Å². The summed E-state index contributed by atoms with van der Waals surface area (Å²) < 4.78 is 36.9. The maximum Gasteiger partial charge on any atom is 0.416 e. The molecule has 0 spiro atoms. The Kier molecular flexibility index (Phi) is 3.54. The second-order valence-electron chi connectivity index (χ2n) is 3.32. The van der Waals surface area contributed by atoms with Crippen LogP contribution < -0.4 is 5.12 Å². The maximum atomic E-state index is 12.3. The SMILES string of the molecule is C=NN(c1ccc(C(F)(F)F)cc1)N(C)C. The van der Waals surface area contributed by atoms with Gasteiger partial charge in [-0.05, 0) is 24.3 Å². The Morgan fingerprint density at radius 1 is 1.12 bits per heavy atom. The molecule has 1 rings (SSSR count). The molecule has 0 fully saturated rings. The van der Waals surface area contributed by atoms with Crippen molar-refractivity contribution in [2.45, 2.75) is 6.18 Å². The number of benzene rings is 1. The van der Waals surface area contributed by atoms with Crippen molar-refractivity contribution in [1.29, 1.82) is 0 Å². The minimum absolute atomic E-state index is 0.521. The van der Waals surface area contributed by atoms with Gasteiger partial charge in [0, 0.05) is 20.8 Å². The van der Waals surface area contributed by atoms with Gasteiger partial charge in [-0.1, -0.05) is 0 Å². The molecule has 88 valence electrons. The highest BCUT2D eigenvalue weighted by Crippen LogP contribution is 2.30. The van der Waals surface area contributed by atoms with E-state index in [1.54, 1.807) is 19.1 Å². The Hall–Kier alpha value is -1.56. The average molecular weight is 231 g/mol. The van der Waals surface area contributed by atoms with Gasteiger partial charge >= 0.3 is 6.18 Å². The number of nitrogens with zero attached hydrogens (tertiary/aromatic N) is 3. The van der Waals surface area contributed by atoms with Gasteiger partial charge in [-0.2, -0.15) is 23.4 Å². The molecule has 0 amide bonds. The van der Waals surface area contributed by atoms with Crippen LogP contribution in [-0.2, 0) is 6.18 Å². The van der Waals surface area contributed by atoms with Crippen molar-refractivity contribution in [3.8, 4) is 0 Å². The fourth-order valence-electron chi connectivity index (χ4n) is 1.22. The third-order valence-corrected chi connectivity index (χ3v) is 1.94. The van der Waals surface area contributed by atoms with Crippen LogP contribution in [0.2, 0.25) is 0 Å². The fraction of sp³-hybridized carbons (Fsp3) is 0.300. The van der Waals surface area contributed by atoms with Crippen molar-refractivity contribution in [1.82, 2.24) is 5.01 Å². The first-order valence-corrected chi connectivity index (χ1v) is 4.47. The number of anilines is 1. The molecule has 0 bridgehead atoms. The fourth-order valence-corrected chi connectivity index (χ4v) is 1.22. The van der Waals surface area contributed by atoms with E-state index in [1.807, 2.05) is 0 Å². The summed E-state index contributed by atoms with van der Waals surface area (Å²) in [6, 6.07) is 4.71. The minimum Gasteiger partial charge on any atom is -0.206 e. The smallest absolute Gasteiger partial charge is 0.206 e. The van der Waals surface area contributed by atoms with Gasteiger partial charge in [0.2, 0.25) is 0 Å². The van der Waals surface area contributed by atoms with E-state index >= 15 is 0 Å². The molecule has 0 aliphatic carbocycles. The normalized spacial score (nSPS) is 11.6. The Labute approximate surface area is 91.7 Å². The summed E-state index contributed by atoms with van der Waals surface area (Å²) in [6.45, 7) is 3.34. The summed E-state index contributed by atoms with van der Waals surface area (Å²) in [5.74, 6) is 0. The summed E-state index contributed by atoms with van der Waals surface area (Å²) >= 11 is 0. The number of hydrazine groups is 1. The molecule has 0 radical (unpaired) electrons. The van der Waals surface area contributed by atoms with Crippen LogP contribution in [0.1, 0.15) is 5.56 Å². The second kappa shape index (κ2) is 4.52. The highest BCUT2D eigenvalue weighted by molar-refractivity contribution is 5.48. The zero-order valence-corrected chi connectivity index (χ0v) is 8.99. The van der Waals surface area contributed by atoms with Crippen LogP contribution in [0.3, 0.4) is 0 Å². The van der Waals surface area contributed by atoms with Crippen LogP contribution in [0, 0.1) is 0 Å². The number of halogens is 3. The Morgan fingerprint density at radius 2 is 1.62 bits per heavy atom. The van der Waals surface area contributed by atoms with Crippen molar-refractivity contribution in [2.75, 3.05) is 19.2 Å². The lowest BCUT2D eigenvalue weighted by atomic mass is 10.2. The lowest BCUT2D eigenvalue weighted by molar-refractivity contribution is -0.137. The summed E-state index contributed by atoms with van der Waals surface area (Å²) in [5.41, 5.74) is -0.160. The highest BCUT2D eigenvalue weighted by Gasteiger charge is 2.30. The molecule has 3 nitrogen and oxygen atoms in total. The Balaban J connectivity index is 2.98. The lowest BCUT2D eigenvalue weighted by Gasteiger charge is -2.25. The van der Waals surface area contributed by atoms with Crippen LogP contribution in [0.4, 0.5) is 18.9 Å². The third-order valence-electron chi connectivity index (χ3n) is 1.94. The quantitative estimate of drug-likeness (QED) is 0.588. The van der Waals surface area contributed by atoms with Crippen LogP contribution >= 0.6 is 0 Å². The van der Waals surface area contributed by atoms with Gasteiger partial charge in [-0.25, -0.2) is 5.01 Å². The summed E-state index contributed by atoms with van der Waals surface area (Å²) in [5, 5.41) is 6.67. The van der Waals surface area contributed by atoms with Gasteiger partial charge in [-0.3, -0.25) is 0 Å². The first-order valence-electron chi connectivity index (χ1n) is 4.47. The van der Waals surface area contributed by atoms with E-state index in [1.165, 1.54) is 17.3 Å². The molecule has 0 heterocycles. The van der Waals surface area contributed by atoms with Gasteiger partial charge in [0.1, 0.15) is 0 Å². The Bertz CT molecular complexity index is 357. The first kappa shape index (κ1) is 12.5. The molecule has 0 N–H and O–H groups in total. The molecule has 0 unspecified atom stereocenters. The number of hydrogen-bond acceptors (Lipinski definition) is 3. The van der Waals surface area contributed by atoms with Crippen LogP contribution in [0.25, 0.3) is 0 Å². The largest absolute Gasteiger partial charge is 0.416 e. The predicted molar refractivity (Wildman–Crippen MR) is 57.2 cm³/mol. The average Bonchev–Trinajstić information content (AvgIpc) is 2.17. The molecular weight excluding hydrogens is 219 g/mol. The second-order valence-corrected chi connectivity index (χ2v) is 3.32. The molecule has 0 aliphatic heterocycles. The zero-order valence-electron chi connectivity index (χ0n) is 8.99. The van der Waals surface area contributed by atoms with E-state index < -0.39 is 11.7 Å². The molecule has 0 saturated heterocycles. The van der Waals surface area contributed by atoms with E-state index in [9.17, 15) is 13.2 Å². The van der Waals surface area contributed by atoms with E-state index in [2.05, 4.69) is 11.8 Å². The molecule has 16 heavy (non-hydrogen) atoms. The molecule has 0 saturated carbocycles. The van der Waals surface area contributed by atoms with Gasteiger partial charge in [0.05, 0.1) is 11.3 Å². The minimum atomic E-state index is -4.32. The predicted octanol–water partition coefficient (Wildman–Crippen LogP) is 2.60. The number of alkyl halides is 3. The Morgan fingerprint density at radius 3 is 1.94 bits per heavy atom. The van der Waals surface area contributed by atoms with E-state index in [4.69, 9.17) is 0 Å². The van der Waals surface area contributed by atoms with Crippen LogP contribution in [-0.4, -0.2) is 25.8 Å². The van der Waals surface area contributed by atoms with Crippen molar-refractivity contribution >= 4 is 12.4 Å². The van der Waals surface area contributed by atoms with Crippen molar-refractivity contribution < 1.29 is 13.2 Å². The highest BCUT2D eigenvalue weighted by atomic mass is 19.4. The topological polar surface area (TPSA) is 18.8 Å².